The zero-order valence-corrected chi connectivity index (χ0v) is 17.4. The number of para-hydroxylation sites is 1. The van der Waals surface area contributed by atoms with Crippen LogP contribution in [-0.4, -0.2) is 44.9 Å². The average molecular weight is 447 g/mol. The Morgan fingerprint density at radius 2 is 1.73 bits per heavy atom. The molecule has 30 heavy (non-hydrogen) atoms. The second-order valence-electron chi connectivity index (χ2n) is 5.86. The molecule has 9 nitrogen and oxygen atoms in total. The van der Waals surface area contributed by atoms with Crippen LogP contribution in [0.5, 0.6) is 0 Å². The van der Waals surface area contributed by atoms with Gasteiger partial charge in [0.15, 0.2) is 6.61 Å². The van der Waals surface area contributed by atoms with Crippen molar-refractivity contribution in [3.63, 3.8) is 0 Å². The molecule has 2 rings (SSSR count). The van der Waals surface area contributed by atoms with Gasteiger partial charge in [-0.3, -0.25) is 9.52 Å². The van der Waals surface area contributed by atoms with Crippen molar-refractivity contribution in [2.45, 2.75) is 17.1 Å². The molecule has 1 heterocycles. The van der Waals surface area contributed by atoms with Gasteiger partial charge in [-0.1, -0.05) is 18.2 Å². The molecule has 0 spiro atoms. The number of carbonyl (C=O) groups excluding carboxylic acids is 2. The van der Waals surface area contributed by atoms with Crippen LogP contribution in [0.1, 0.15) is 23.2 Å². The van der Waals surface area contributed by atoms with Crippen molar-refractivity contribution in [1.82, 2.24) is 4.90 Å². The Labute approximate surface area is 178 Å². The predicted molar refractivity (Wildman–Crippen MR) is 109 cm³/mol. The number of thiophene rings is 1. The normalized spacial score (nSPS) is 10.5. The summed E-state index contributed by atoms with van der Waals surface area (Å²) < 4.78 is 32.3. The van der Waals surface area contributed by atoms with Crippen molar-refractivity contribution in [3.05, 3.63) is 47.3 Å². The number of hydrogen-bond acceptors (Lipinski definition) is 8. The minimum atomic E-state index is -3.87. The molecule has 1 amide bonds. The molecule has 11 heteroatoms. The standard InChI is InChI=1S/C19H18N4O5S2/c20-9-4-11-23(12-5-10-21)17(24)14-28-19(25)15-6-1-2-7-16(15)22-30(26,27)18-8-3-13-29-18/h1-3,6-8,13,22H,4-5,11-12,14H2. The molecule has 0 aliphatic heterocycles. The van der Waals surface area contributed by atoms with Gasteiger partial charge in [0, 0.05) is 13.1 Å². The number of rotatable bonds is 10. The van der Waals surface area contributed by atoms with Crippen molar-refractivity contribution in [2.24, 2.45) is 0 Å². The Morgan fingerprint density at radius 3 is 2.33 bits per heavy atom. The number of nitrogens with zero attached hydrogens (tertiary/aromatic N) is 3. The van der Waals surface area contributed by atoms with Crippen LogP contribution < -0.4 is 4.72 Å². The first-order chi connectivity index (χ1) is 14.4. The molecule has 156 valence electrons. The van der Waals surface area contributed by atoms with E-state index < -0.39 is 28.5 Å². The number of carbonyl (C=O) groups is 2. The molecule has 2 aromatic rings. The number of esters is 1. The van der Waals surface area contributed by atoms with Gasteiger partial charge < -0.3 is 9.64 Å². The topological polar surface area (TPSA) is 140 Å². The molecule has 1 aromatic heterocycles. The van der Waals surface area contributed by atoms with Crippen molar-refractivity contribution in [3.8, 4) is 12.1 Å². The Kier molecular flexibility index (Phi) is 8.35. The van der Waals surface area contributed by atoms with Gasteiger partial charge in [0.2, 0.25) is 0 Å². The van der Waals surface area contributed by atoms with Gasteiger partial charge in [-0.2, -0.15) is 10.5 Å². The number of anilines is 1. The number of hydrogen-bond donors (Lipinski definition) is 1. The van der Waals surface area contributed by atoms with Crippen LogP contribution in [0.2, 0.25) is 0 Å². The fourth-order valence-electron chi connectivity index (χ4n) is 2.39. The van der Waals surface area contributed by atoms with Crippen LogP contribution in [0.4, 0.5) is 5.69 Å². The first-order valence-electron chi connectivity index (χ1n) is 8.73. The third-order valence-electron chi connectivity index (χ3n) is 3.82. The molecule has 0 saturated carbocycles. The van der Waals surface area contributed by atoms with E-state index in [1.807, 2.05) is 12.1 Å². The Balaban J connectivity index is 2.08. The Morgan fingerprint density at radius 1 is 1.07 bits per heavy atom. The highest BCUT2D eigenvalue weighted by Crippen LogP contribution is 2.23. The Bertz CT molecular complexity index is 1050. The fraction of sp³-hybridized carbons (Fsp3) is 0.263. The van der Waals surface area contributed by atoms with Crippen molar-refractivity contribution in [1.29, 1.82) is 10.5 Å². The van der Waals surface area contributed by atoms with Crippen LogP contribution >= 0.6 is 11.3 Å². The zero-order chi connectivity index (χ0) is 22.0. The van der Waals surface area contributed by atoms with Gasteiger partial charge >= 0.3 is 5.97 Å². The van der Waals surface area contributed by atoms with E-state index in [2.05, 4.69) is 4.72 Å². The van der Waals surface area contributed by atoms with Gasteiger partial charge in [-0.25, -0.2) is 13.2 Å². The number of amides is 1. The van der Waals surface area contributed by atoms with E-state index in [9.17, 15) is 18.0 Å². The Hall–Kier alpha value is -3.41. The van der Waals surface area contributed by atoms with Crippen LogP contribution in [0.3, 0.4) is 0 Å². The van der Waals surface area contributed by atoms with E-state index in [0.717, 1.165) is 11.3 Å². The quantitative estimate of drug-likeness (QED) is 0.552. The number of sulfonamides is 1. The summed E-state index contributed by atoms with van der Waals surface area (Å²) in [5, 5.41) is 19.0. The largest absolute Gasteiger partial charge is 0.452 e. The van der Waals surface area contributed by atoms with Crippen LogP contribution in [0.15, 0.2) is 46.0 Å². The molecular formula is C19H18N4O5S2. The fourth-order valence-corrected chi connectivity index (χ4v) is 4.46. The van der Waals surface area contributed by atoms with E-state index in [4.69, 9.17) is 15.3 Å². The zero-order valence-electron chi connectivity index (χ0n) is 15.8. The van der Waals surface area contributed by atoms with Crippen molar-refractivity contribution in [2.75, 3.05) is 24.4 Å². The lowest BCUT2D eigenvalue weighted by Crippen LogP contribution is -2.36. The van der Waals surface area contributed by atoms with E-state index in [1.54, 1.807) is 17.5 Å². The molecule has 0 saturated heterocycles. The average Bonchev–Trinajstić information content (AvgIpc) is 3.28. The molecule has 0 aliphatic carbocycles. The summed E-state index contributed by atoms with van der Waals surface area (Å²) in [5.41, 5.74) is -0.0276. The highest BCUT2D eigenvalue weighted by molar-refractivity contribution is 7.94. The second-order valence-corrected chi connectivity index (χ2v) is 8.71. The summed E-state index contributed by atoms with van der Waals surface area (Å²) in [7, 11) is -3.87. The predicted octanol–water partition coefficient (Wildman–Crippen LogP) is 2.36. The lowest BCUT2D eigenvalue weighted by atomic mass is 10.2. The number of benzene rings is 1. The monoisotopic (exact) mass is 446 g/mol. The molecule has 0 unspecified atom stereocenters. The van der Waals surface area contributed by atoms with E-state index in [0.29, 0.717) is 0 Å². The number of ether oxygens (including phenoxy) is 1. The first kappa shape index (κ1) is 22.9. The SMILES string of the molecule is N#CCCN(CCC#N)C(=O)COC(=O)c1ccccc1NS(=O)(=O)c1cccs1. The maximum atomic E-state index is 12.5. The van der Waals surface area contributed by atoms with Crippen LogP contribution in [-0.2, 0) is 19.6 Å². The van der Waals surface area contributed by atoms with Crippen LogP contribution in [0, 0.1) is 22.7 Å². The molecule has 0 atom stereocenters. The smallest absolute Gasteiger partial charge is 0.340 e. The highest BCUT2D eigenvalue weighted by Gasteiger charge is 2.21. The molecule has 0 fully saturated rings. The van der Waals surface area contributed by atoms with Gasteiger partial charge in [-0.05, 0) is 23.6 Å². The van der Waals surface area contributed by atoms with Crippen LogP contribution in [0.25, 0.3) is 0 Å². The molecule has 1 aromatic carbocycles. The number of nitrogens with one attached hydrogen (secondary N) is 1. The minimum absolute atomic E-state index is 0.0224. The first-order valence-corrected chi connectivity index (χ1v) is 11.1. The van der Waals surface area contributed by atoms with Gasteiger partial charge in [0.25, 0.3) is 15.9 Å². The summed E-state index contributed by atoms with van der Waals surface area (Å²) in [6, 6.07) is 12.7. The van der Waals surface area contributed by atoms with E-state index >= 15 is 0 Å². The maximum absolute atomic E-state index is 12.5. The third-order valence-corrected chi connectivity index (χ3v) is 6.58. The third kappa shape index (κ3) is 6.30. The molecular weight excluding hydrogens is 428 g/mol. The summed E-state index contributed by atoms with van der Waals surface area (Å²) in [6.07, 6.45) is 0.164. The lowest BCUT2D eigenvalue weighted by molar-refractivity contribution is -0.134. The van der Waals surface area contributed by atoms with E-state index in [1.165, 1.54) is 29.2 Å². The van der Waals surface area contributed by atoms with Crippen molar-refractivity contribution >= 4 is 38.9 Å². The summed E-state index contributed by atoms with van der Waals surface area (Å²) in [5.74, 6) is -1.43. The van der Waals surface area contributed by atoms with Gasteiger partial charge in [-0.15, -0.1) is 11.3 Å². The highest BCUT2D eigenvalue weighted by atomic mass is 32.2. The maximum Gasteiger partial charge on any atom is 0.340 e. The molecule has 1 N–H and O–H groups in total. The van der Waals surface area contributed by atoms with E-state index in [-0.39, 0.29) is 41.4 Å². The minimum Gasteiger partial charge on any atom is -0.452 e. The van der Waals surface area contributed by atoms with Gasteiger partial charge in [0.05, 0.1) is 36.2 Å². The lowest BCUT2D eigenvalue weighted by Gasteiger charge is -2.20. The number of nitriles is 2. The summed E-state index contributed by atoms with van der Waals surface area (Å²) in [4.78, 5) is 26.0. The molecule has 0 radical (unpaired) electrons. The van der Waals surface area contributed by atoms with Crippen molar-refractivity contribution < 1.29 is 22.7 Å². The second kappa shape index (κ2) is 11.0. The molecule has 0 bridgehead atoms. The van der Waals surface area contributed by atoms with Gasteiger partial charge in [0.1, 0.15) is 4.21 Å². The molecule has 0 aliphatic rings. The summed E-state index contributed by atoms with van der Waals surface area (Å²) in [6.45, 7) is -0.362. The summed E-state index contributed by atoms with van der Waals surface area (Å²) >= 11 is 1.03.